The highest BCUT2D eigenvalue weighted by Gasteiger charge is 2.16. The number of nitrogens with zero attached hydrogens (tertiary/aromatic N) is 1. The molecule has 0 aliphatic carbocycles. The highest BCUT2D eigenvalue weighted by atomic mass is 35.5. The normalized spacial score (nSPS) is 12.0. The first-order valence-electron chi connectivity index (χ1n) is 7.39. The Morgan fingerprint density at radius 3 is 2.43 bits per heavy atom. The van der Waals surface area contributed by atoms with Gasteiger partial charge in [0, 0.05) is 28.3 Å². The van der Waals surface area contributed by atoms with E-state index < -0.39 is 0 Å². The van der Waals surface area contributed by atoms with Gasteiger partial charge in [-0.2, -0.15) is 0 Å². The molecule has 0 spiro atoms. The van der Waals surface area contributed by atoms with E-state index in [0.29, 0.717) is 10.6 Å². The molecule has 0 aliphatic heterocycles. The van der Waals surface area contributed by atoms with Crippen LogP contribution in [0.25, 0.3) is 0 Å². The smallest absolute Gasteiger partial charge is 0.220 e. The van der Waals surface area contributed by atoms with Crippen LogP contribution in [0.3, 0.4) is 0 Å². The second kappa shape index (κ2) is 7.70. The Kier molecular flexibility index (Phi) is 5.91. The van der Waals surface area contributed by atoms with E-state index in [1.807, 2.05) is 20.8 Å². The number of benzene rings is 1. The molecule has 0 saturated carbocycles. The fourth-order valence-electron chi connectivity index (χ4n) is 2.34. The van der Waals surface area contributed by atoms with Gasteiger partial charge >= 0.3 is 0 Å². The number of aryl methyl sites for hydroxylation is 2. The second-order valence-corrected chi connectivity index (χ2v) is 7.07. The summed E-state index contributed by atoms with van der Waals surface area (Å²) >= 11 is 7.38. The van der Waals surface area contributed by atoms with E-state index in [4.69, 9.17) is 11.6 Å². The van der Waals surface area contributed by atoms with Crippen LogP contribution < -0.4 is 5.32 Å². The molecule has 0 fully saturated rings. The molecular weight excluding hydrogens is 332 g/mol. The van der Waals surface area contributed by atoms with E-state index in [1.54, 1.807) is 35.6 Å². The van der Waals surface area contributed by atoms with E-state index in [2.05, 4.69) is 10.3 Å². The van der Waals surface area contributed by atoms with Crippen LogP contribution in [0.5, 0.6) is 0 Å². The third-order valence-electron chi connectivity index (χ3n) is 3.46. The number of halogens is 1. The van der Waals surface area contributed by atoms with Crippen LogP contribution in [0.1, 0.15) is 51.7 Å². The highest BCUT2D eigenvalue weighted by molar-refractivity contribution is 7.11. The average Bonchev–Trinajstić information content (AvgIpc) is 2.84. The highest BCUT2D eigenvalue weighted by Crippen LogP contribution is 2.24. The molecule has 0 unspecified atom stereocenters. The number of carbonyl (C=O) groups is 2. The molecule has 1 heterocycles. The lowest BCUT2D eigenvalue weighted by Crippen LogP contribution is -2.26. The van der Waals surface area contributed by atoms with Crippen molar-refractivity contribution in [1.82, 2.24) is 10.3 Å². The molecule has 23 heavy (non-hydrogen) atoms. The number of amides is 1. The Hall–Kier alpha value is -1.72. The largest absolute Gasteiger partial charge is 0.349 e. The monoisotopic (exact) mass is 350 g/mol. The van der Waals surface area contributed by atoms with E-state index in [0.717, 1.165) is 15.6 Å². The summed E-state index contributed by atoms with van der Waals surface area (Å²) < 4.78 is 0. The second-order valence-electron chi connectivity index (χ2n) is 5.40. The Bertz CT molecular complexity index is 710. The Balaban J connectivity index is 1.86. The zero-order valence-corrected chi connectivity index (χ0v) is 14.9. The molecule has 1 amide bonds. The minimum Gasteiger partial charge on any atom is -0.349 e. The predicted molar refractivity (Wildman–Crippen MR) is 93.2 cm³/mol. The molecule has 6 heteroatoms. The van der Waals surface area contributed by atoms with Gasteiger partial charge in [0.05, 0.1) is 16.7 Å². The van der Waals surface area contributed by atoms with Crippen molar-refractivity contribution in [2.24, 2.45) is 0 Å². The lowest BCUT2D eigenvalue weighted by atomic mass is 10.1. The molecule has 1 aromatic heterocycles. The number of nitrogens with one attached hydrogen (secondary N) is 1. The van der Waals surface area contributed by atoms with Gasteiger partial charge in [-0.1, -0.05) is 11.6 Å². The quantitative estimate of drug-likeness (QED) is 0.792. The van der Waals surface area contributed by atoms with Crippen molar-refractivity contribution in [2.45, 2.75) is 39.7 Å². The third kappa shape index (κ3) is 4.88. The Labute approximate surface area is 144 Å². The van der Waals surface area contributed by atoms with Crippen LogP contribution in [0.2, 0.25) is 5.02 Å². The number of ketones is 1. The van der Waals surface area contributed by atoms with Gasteiger partial charge in [0.25, 0.3) is 0 Å². The number of hydrogen-bond acceptors (Lipinski definition) is 4. The summed E-state index contributed by atoms with van der Waals surface area (Å²) in [6.07, 6.45) is 0.351. The average molecular weight is 351 g/mol. The Morgan fingerprint density at radius 2 is 1.87 bits per heavy atom. The van der Waals surface area contributed by atoms with Gasteiger partial charge < -0.3 is 5.32 Å². The van der Waals surface area contributed by atoms with Gasteiger partial charge in [0.15, 0.2) is 5.78 Å². The van der Waals surface area contributed by atoms with E-state index >= 15 is 0 Å². The molecule has 1 aromatic carbocycles. The molecule has 0 aliphatic rings. The molecule has 2 rings (SSSR count). The zero-order valence-electron chi connectivity index (χ0n) is 13.4. The van der Waals surface area contributed by atoms with Gasteiger partial charge in [-0.05, 0) is 45.0 Å². The first-order valence-corrected chi connectivity index (χ1v) is 8.58. The molecule has 2 aromatic rings. The summed E-state index contributed by atoms with van der Waals surface area (Å²) in [6.45, 7) is 5.81. The number of carbonyl (C=O) groups excluding carboxylic acids is 2. The number of Topliss-reactive ketones (excluding diaryl/α,β-unsaturated/α-hetero) is 1. The maximum Gasteiger partial charge on any atom is 0.220 e. The van der Waals surface area contributed by atoms with Crippen LogP contribution in [-0.4, -0.2) is 16.7 Å². The van der Waals surface area contributed by atoms with Gasteiger partial charge in [-0.15, -0.1) is 11.3 Å². The SMILES string of the molecule is Cc1nc(C)c([C@H](C)NC(=O)CCC(=O)c2ccc(Cl)cc2)s1. The summed E-state index contributed by atoms with van der Waals surface area (Å²) in [5.41, 5.74) is 1.52. The molecule has 0 bridgehead atoms. The van der Waals surface area contributed by atoms with Crippen molar-refractivity contribution in [3.05, 3.63) is 50.4 Å². The zero-order chi connectivity index (χ0) is 17.0. The maximum atomic E-state index is 12.0. The van der Waals surface area contributed by atoms with Gasteiger partial charge in [-0.25, -0.2) is 4.98 Å². The maximum absolute atomic E-state index is 12.0. The summed E-state index contributed by atoms with van der Waals surface area (Å²) in [5, 5.41) is 4.49. The van der Waals surface area contributed by atoms with Crippen molar-refractivity contribution in [2.75, 3.05) is 0 Å². The fourth-order valence-corrected chi connectivity index (χ4v) is 3.39. The number of aromatic nitrogens is 1. The fraction of sp³-hybridized carbons (Fsp3) is 0.353. The van der Waals surface area contributed by atoms with Gasteiger partial charge in [0.1, 0.15) is 0 Å². The lowest BCUT2D eigenvalue weighted by molar-refractivity contribution is -0.121. The standard InChI is InChI=1S/C17H19ClN2O2S/c1-10-17(23-12(3)19-10)11(2)20-16(22)9-8-15(21)13-4-6-14(18)7-5-13/h4-7,11H,8-9H2,1-3H3,(H,20,22)/t11-/m0/s1. The van der Waals surface area contributed by atoms with Gasteiger partial charge in [0.2, 0.25) is 5.91 Å². The summed E-state index contributed by atoms with van der Waals surface area (Å²) in [6, 6.07) is 6.60. The summed E-state index contributed by atoms with van der Waals surface area (Å²) in [4.78, 5) is 29.5. The van der Waals surface area contributed by atoms with Crippen molar-refractivity contribution < 1.29 is 9.59 Å². The Morgan fingerprint density at radius 1 is 1.22 bits per heavy atom. The van der Waals surface area contributed by atoms with Crippen LogP contribution in [-0.2, 0) is 4.79 Å². The van der Waals surface area contributed by atoms with E-state index in [9.17, 15) is 9.59 Å². The molecule has 0 saturated heterocycles. The minimum absolute atomic E-state index is 0.0608. The molecular formula is C17H19ClN2O2S. The summed E-state index contributed by atoms with van der Waals surface area (Å²) in [7, 11) is 0. The van der Waals surface area contributed by atoms with Crippen molar-refractivity contribution in [3.8, 4) is 0 Å². The predicted octanol–water partition coefficient (Wildman–Crippen LogP) is 4.25. The van der Waals surface area contributed by atoms with Crippen LogP contribution in [0.4, 0.5) is 0 Å². The number of rotatable bonds is 6. The first-order chi connectivity index (χ1) is 10.9. The van der Waals surface area contributed by atoms with Crippen molar-refractivity contribution in [3.63, 3.8) is 0 Å². The topological polar surface area (TPSA) is 59.1 Å². The van der Waals surface area contributed by atoms with Crippen molar-refractivity contribution in [1.29, 1.82) is 0 Å². The molecule has 1 atom stereocenters. The number of thiazole rings is 1. The van der Waals surface area contributed by atoms with Crippen LogP contribution in [0, 0.1) is 13.8 Å². The third-order valence-corrected chi connectivity index (χ3v) is 4.96. The van der Waals surface area contributed by atoms with Crippen molar-refractivity contribution >= 4 is 34.6 Å². The molecule has 4 nitrogen and oxygen atoms in total. The van der Waals surface area contributed by atoms with Crippen LogP contribution in [0.15, 0.2) is 24.3 Å². The summed E-state index contributed by atoms with van der Waals surface area (Å²) in [5.74, 6) is -0.195. The number of hydrogen-bond donors (Lipinski definition) is 1. The van der Waals surface area contributed by atoms with E-state index in [-0.39, 0.29) is 30.6 Å². The van der Waals surface area contributed by atoms with Gasteiger partial charge in [-0.3, -0.25) is 9.59 Å². The van der Waals surface area contributed by atoms with Crippen LogP contribution >= 0.6 is 22.9 Å². The molecule has 1 N–H and O–H groups in total. The minimum atomic E-state index is -0.134. The first kappa shape index (κ1) is 17.6. The molecule has 122 valence electrons. The lowest BCUT2D eigenvalue weighted by Gasteiger charge is -2.12. The van der Waals surface area contributed by atoms with E-state index in [1.165, 1.54) is 0 Å². The molecule has 0 radical (unpaired) electrons.